The molecule has 0 spiro atoms. The smallest absolute Gasteiger partial charge is 0.145 e. The number of rotatable bonds is 6. The summed E-state index contributed by atoms with van der Waals surface area (Å²) in [6.07, 6.45) is 1.49. The second-order valence-corrected chi connectivity index (χ2v) is 4.97. The molecule has 118 valence electrons. The van der Waals surface area contributed by atoms with Gasteiger partial charge in [0.05, 0.1) is 16.6 Å². The van der Waals surface area contributed by atoms with Gasteiger partial charge in [-0.05, 0) is 31.3 Å². The van der Waals surface area contributed by atoms with Crippen LogP contribution in [-0.4, -0.2) is 35.3 Å². The second-order valence-electron chi connectivity index (χ2n) is 4.97. The molecule has 23 heavy (non-hydrogen) atoms. The molecular formula is C17H18N4O2. The number of aromatic hydroxyl groups is 1. The lowest BCUT2D eigenvalue weighted by Crippen LogP contribution is -2.16. The van der Waals surface area contributed by atoms with E-state index in [0.29, 0.717) is 23.9 Å². The Morgan fingerprint density at radius 1 is 1.09 bits per heavy atom. The third-order valence-electron chi connectivity index (χ3n) is 3.39. The fourth-order valence-electron chi connectivity index (χ4n) is 2.26. The Morgan fingerprint density at radius 2 is 1.96 bits per heavy atom. The maximum atomic E-state index is 9.94. The Bertz CT molecular complexity index is 802. The summed E-state index contributed by atoms with van der Waals surface area (Å²) >= 11 is 0. The van der Waals surface area contributed by atoms with Crippen LogP contribution in [0.5, 0.6) is 11.5 Å². The maximum Gasteiger partial charge on any atom is 0.145 e. The number of phenolic OH excluding ortho intramolecular Hbond substituents is 1. The zero-order valence-corrected chi connectivity index (χ0v) is 12.8. The summed E-state index contributed by atoms with van der Waals surface area (Å²) in [6, 6.07) is 12.7. The molecule has 3 aromatic rings. The average Bonchev–Trinajstić information content (AvgIpc) is 2.57. The van der Waals surface area contributed by atoms with Gasteiger partial charge in [0, 0.05) is 6.54 Å². The van der Waals surface area contributed by atoms with Crippen LogP contribution < -0.4 is 15.4 Å². The molecule has 0 unspecified atom stereocenters. The molecule has 0 aliphatic carbocycles. The van der Waals surface area contributed by atoms with Gasteiger partial charge in [-0.2, -0.15) is 0 Å². The average molecular weight is 310 g/mol. The van der Waals surface area contributed by atoms with Crippen molar-refractivity contribution < 1.29 is 9.84 Å². The van der Waals surface area contributed by atoms with E-state index in [9.17, 15) is 5.11 Å². The zero-order valence-electron chi connectivity index (χ0n) is 12.8. The molecule has 0 atom stereocenters. The number of likely N-dealkylation sites (N-methyl/N-ethyl adjacent to an activating group) is 1. The monoisotopic (exact) mass is 310 g/mol. The number of benzene rings is 2. The fraction of sp³-hybridized carbons (Fsp3) is 0.176. The van der Waals surface area contributed by atoms with Crippen LogP contribution in [0.4, 0.5) is 11.5 Å². The summed E-state index contributed by atoms with van der Waals surface area (Å²) in [4.78, 5) is 8.59. The number of phenols is 1. The van der Waals surface area contributed by atoms with E-state index in [0.717, 1.165) is 17.4 Å². The number of fused-ring (bicyclic) bond motifs is 1. The zero-order chi connectivity index (χ0) is 16.1. The molecule has 1 heterocycles. The lowest BCUT2D eigenvalue weighted by atomic mass is 10.2. The number of hydrogen-bond acceptors (Lipinski definition) is 6. The first-order valence-electron chi connectivity index (χ1n) is 7.35. The first kappa shape index (κ1) is 15.1. The maximum absolute atomic E-state index is 9.94. The normalized spacial score (nSPS) is 10.7. The van der Waals surface area contributed by atoms with Crippen molar-refractivity contribution in [3.05, 3.63) is 48.8 Å². The van der Waals surface area contributed by atoms with Crippen LogP contribution in [0, 0.1) is 0 Å². The summed E-state index contributed by atoms with van der Waals surface area (Å²) in [5, 5.41) is 16.9. The molecule has 0 aliphatic rings. The number of para-hydroxylation sites is 2. The van der Waals surface area contributed by atoms with Crippen LogP contribution in [0.1, 0.15) is 0 Å². The first-order valence-corrected chi connectivity index (χ1v) is 7.35. The third-order valence-corrected chi connectivity index (χ3v) is 3.39. The largest absolute Gasteiger partial charge is 0.506 e. The summed E-state index contributed by atoms with van der Waals surface area (Å²) in [7, 11) is 1.88. The highest BCUT2D eigenvalue weighted by Gasteiger charge is 2.11. The Labute approximate surface area is 134 Å². The Kier molecular flexibility index (Phi) is 4.54. The highest BCUT2D eigenvalue weighted by atomic mass is 16.5. The molecule has 0 saturated carbocycles. The molecule has 1 aromatic heterocycles. The van der Waals surface area contributed by atoms with E-state index in [2.05, 4.69) is 20.6 Å². The van der Waals surface area contributed by atoms with E-state index in [1.807, 2.05) is 31.3 Å². The van der Waals surface area contributed by atoms with Gasteiger partial charge >= 0.3 is 0 Å². The van der Waals surface area contributed by atoms with E-state index < -0.39 is 0 Å². The van der Waals surface area contributed by atoms with Gasteiger partial charge in [-0.15, -0.1) is 0 Å². The van der Waals surface area contributed by atoms with Gasteiger partial charge in [0.15, 0.2) is 0 Å². The highest BCUT2D eigenvalue weighted by Crippen LogP contribution is 2.33. The number of nitrogens with one attached hydrogen (secondary N) is 2. The summed E-state index contributed by atoms with van der Waals surface area (Å²) in [5.74, 6) is 1.46. The van der Waals surface area contributed by atoms with E-state index in [-0.39, 0.29) is 5.75 Å². The van der Waals surface area contributed by atoms with Crippen molar-refractivity contribution in [2.24, 2.45) is 0 Å². The van der Waals surface area contributed by atoms with E-state index >= 15 is 0 Å². The Morgan fingerprint density at radius 3 is 2.78 bits per heavy atom. The highest BCUT2D eigenvalue weighted by molar-refractivity contribution is 5.96. The minimum atomic E-state index is 0.160. The molecule has 0 bridgehead atoms. The molecule has 0 amide bonds. The van der Waals surface area contributed by atoms with Gasteiger partial charge in [0.1, 0.15) is 30.3 Å². The molecular weight excluding hydrogens is 292 g/mol. The van der Waals surface area contributed by atoms with Crippen molar-refractivity contribution in [2.45, 2.75) is 0 Å². The van der Waals surface area contributed by atoms with Crippen molar-refractivity contribution in [1.82, 2.24) is 15.3 Å². The summed E-state index contributed by atoms with van der Waals surface area (Å²) in [6.45, 7) is 1.28. The minimum absolute atomic E-state index is 0.160. The SMILES string of the molecule is CNCCOc1cccc2ncnc(Nc3ccccc3O)c12. The van der Waals surface area contributed by atoms with E-state index in [1.165, 1.54) is 6.33 Å². The van der Waals surface area contributed by atoms with Crippen molar-refractivity contribution in [3.63, 3.8) is 0 Å². The van der Waals surface area contributed by atoms with Crippen molar-refractivity contribution in [2.75, 3.05) is 25.5 Å². The van der Waals surface area contributed by atoms with Crippen LogP contribution in [0.3, 0.4) is 0 Å². The van der Waals surface area contributed by atoms with Gasteiger partial charge in [-0.3, -0.25) is 0 Å². The van der Waals surface area contributed by atoms with Crippen molar-refractivity contribution in [3.8, 4) is 11.5 Å². The van der Waals surface area contributed by atoms with E-state index in [1.54, 1.807) is 18.2 Å². The van der Waals surface area contributed by atoms with Crippen molar-refractivity contribution in [1.29, 1.82) is 0 Å². The molecule has 0 aliphatic heterocycles. The van der Waals surface area contributed by atoms with Crippen LogP contribution >= 0.6 is 0 Å². The quantitative estimate of drug-likeness (QED) is 0.480. The molecule has 0 radical (unpaired) electrons. The first-order chi connectivity index (χ1) is 11.3. The van der Waals surface area contributed by atoms with Gasteiger partial charge < -0.3 is 20.5 Å². The second kappa shape index (κ2) is 6.93. The van der Waals surface area contributed by atoms with Crippen molar-refractivity contribution >= 4 is 22.4 Å². The number of hydrogen-bond donors (Lipinski definition) is 3. The van der Waals surface area contributed by atoms with Crippen LogP contribution in [0.15, 0.2) is 48.8 Å². The van der Waals surface area contributed by atoms with E-state index in [4.69, 9.17) is 4.74 Å². The lowest BCUT2D eigenvalue weighted by Gasteiger charge is -2.13. The number of ether oxygens (including phenoxy) is 1. The standard InChI is InChI=1S/C17H18N4O2/c1-18-9-10-23-15-8-4-6-13-16(15)17(20-11-19-13)21-12-5-2-3-7-14(12)22/h2-8,11,18,22H,9-10H2,1H3,(H,19,20,21). The van der Waals surface area contributed by atoms with Crippen LogP contribution in [0.25, 0.3) is 10.9 Å². The number of nitrogens with zero attached hydrogens (tertiary/aromatic N) is 2. The summed E-state index contributed by atoms with van der Waals surface area (Å²) in [5.41, 5.74) is 1.36. The summed E-state index contributed by atoms with van der Waals surface area (Å²) < 4.78 is 5.82. The number of aromatic nitrogens is 2. The minimum Gasteiger partial charge on any atom is -0.506 e. The molecule has 3 rings (SSSR count). The molecule has 2 aromatic carbocycles. The molecule has 6 nitrogen and oxygen atoms in total. The van der Waals surface area contributed by atoms with Crippen LogP contribution in [0.2, 0.25) is 0 Å². The predicted octanol–water partition coefficient (Wildman–Crippen LogP) is 2.68. The lowest BCUT2D eigenvalue weighted by molar-refractivity contribution is 0.322. The molecule has 0 saturated heterocycles. The van der Waals surface area contributed by atoms with Gasteiger partial charge in [-0.25, -0.2) is 9.97 Å². The number of anilines is 2. The Balaban J connectivity index is 2.01. The fourth-order valence-corrected chi connectivity index (χ4v) is 2.26. The van der Waals surface area contributed by atoms with Crippen LogP contribution in [-0.2, 0) is 0 Å². The predicted molar refractivity (Wildman–Crippen MR) is 90.3 cm³/mol. The third kappa shape index (κ3) is 3.32. The van der Waals surface area contributed by atoms with Gasteiger partial charge in [0.2, 0.25) is 0 Å². The topological polar surface area (TPSA) is 79.3 Å². The molecule has 3 N–H and O–H groups in total. The Hall–Kier alpha value is -2.86. The molecule has 6 heteroatoms. The van der Waals surface area contributed by atoms with Gasteiger partial charge in [0.25, 0.3) is 0 Å². The molecule has 0 fully saturated rings. The van der Waals surface area contributed by atoms with Gasteiger partial charge in [-0.1, -0.05) is 18.2 Å².